The minimum atomic E-state index is -1.12. The normalized spacial score (nSPS) is 13.4. The average molecular weight is 371 g/mol. The summed E-state index contributed by atoms with van der Waals surface area (Å²) in [6, 6.07) is -1.12. The van der Waals surface area contributed by atoms with Crippen molar-refractivity contribution in [2.75, 3.05) is 0 Å². The summed E-state index contributed by atoms with van der Waals surface area (Å²) in [6.45, 7) is 19.1. The van der Waals surface area contributed by atoms with Gasteiger partial charge in [-0.15, -0.1) is 0 Å². The van der Waals surface area contributed by atoms with E-state index in [1.54, 1.807) is 62.3 Å². The third kappa shape index (κ3) is 11.5. The van der Waals surface area contributed by atoms with Gasteiger partial charge in [0.15, 0.2) is 0 Å². The van der Waals surface area contributed by atoms with Crippen LogP contribution in [0.25, 0.3) is 0 Å². The highest BCUT2D eigenvalue weighted by atomic mass is 16.6. The zero-order valence-corrected chi connectivity index (χ0v) is 17.4. The van der Waals surface area contributed by atoms with Gasteiger partial charge in [-0.1, -0.05) is 6.58 Å². The Morgan fingerprint density at radius 1 is 0.808 bits per heavy atom. The van der Waals surface area contributed by atoms with E-state index in [0.29, 0.717) is 0 Å². The molecule has 0 spiro atoms. The predicted molar refractivity (Wildman–Crippen MR) is 98.6 cm³/mol. The number of amides is 1. The zero-order valence-electron chi connectivity index (χ0n) is 17.4. The predicted octanol–water partition coefficient (Wildman–Crippen LogP) is 3.51. The third-order valence-corrected chi connectivity index (χ3v) is 2.52. The van der Waals surface area contributed by atoms with E-state index < -0.39 is 40.9 Å². The van der Waals surface area contributed by atoms with Crippen molar-refractivity contribution in [3.63, 3.8) is 0 Å². The number of alkyl carbamates (subject to hydrolysis) is 1. The number of rotatable bonds is 5. The van der Waals surface area contributed by atoms with Crippen LogP contribution >= 0.6 is 0 Å². The summed E-state index contributed by atoms with van der Waals surface area (Å²) >= 11 is 0. The number of nitrogens with one attached hydrogen (secondary N) is 1. The molecule has 0 aromatic heterocycles. The third-order valence-electron chi connectivity index (χ3n) is 2.52. The minimum Gasteiger partial charge on any atom is -0.458 e. The molecule has 0 rings (SSSR count). The van der Waals surface area contributed by atoms with Gasteiger partial charge in [-0.3, -0.25) is 0 Å². The molecule has 0 fully saturated rings. The molecule has 0 aliphatic heterocycles. The van der Waals surface area contributed by atoms with E-state index in [1.807, 2.05) is 0 Å². The quantitative estimate of drug-likeness (QED) is 0.452. The Kier molecular flexibility index (Phi) is 7.88. The molecule has 0 heterocycles. The molecule has 1 N–H and O–H groups in total. The van der Waals surface area contributed by atoms with Gasteiger partial charge in [0, 0.05) is 12.0 Å². The number of carbonyl (C=O) groups excluding carboxylic acids is 3. The van der Waals surface area contributed by atoms with Crippen LogP contribution in [0.4, 0.5) is 4.79 Å². The molecule has 0 aromatic carbocycles. The van der Waals surface area contributed by atoms with Crippen LogP contribution in [0.15, 0.2) is 12.2 Å². The van der Waals surface area contributed by atoms with Gasteiger partial charge < -0.3 is 19.5 Å². The summed E-state index contributed by atoms with van der Waals surface area (Å²) in [6.07, 6.45) is -0.936. The Morgan fingerprint density at radius 2 is 1.23 bits per heavy atom. The van der Waals surface area contributed by atoms with E-state index in [-0.39, 0.29) is 12.0 Å². The van der Waals surface area contributed by atoms with Crippen LogP contribution < -0.4 is 5.32 Å². The highest BCUT2D eigenvalue weighted by Crippen LogP contribution is 2.17. The van der Waals surface area contributed by atoms with Crippen molar-refractivity contribution >= 4 is 18.0 Å². The van der Waals surface area contributed by atoms with Crippen LogP contribution in [0.1, 0.15) is 68.7 Å². The first-order valence-electron chi connectivity index (χ1n) is 8.53. The smallest absolute Gasteiger partial charge is 0.408 e. The molecule has 26 heavy (non-hydrogen) atoms. The van der Waals surface area contributed by atoms with Crippen LogP contribution in [0.5, 0.6) is 0 Å². The van der Waals surface area contributed by atoms with Crippen LogP contribution in [-0.2, 0) is 23.8 Å². The highest BCUT2D eigenvalue weighted by molar-refractivity contribution is 5.90. The summed E-state index contributed by atoms with van der Waals surface area (Å²) in [5, 5.41) is 2.44. The molecule has 150 valence electrons. The van der Waals surface area contributed by atoms with Crippen molar-refractivity contribution in [3.05, 3.63) is 12.2 Å². The van der Waals surface area contributed by atoms with Gasteiger partial charge in [-0.05, 0) is 62.3 Å². The first kappa shape index (κ1) is 23.9. The first-order chi connectivity index (χ1) is 11.4. The molecule has 7 nitrogen and oxygen atoms in total. The van der Waals surface area contributed by atoms with E-state index in [4.69, 9.17) is 14.2 Å². The Labute approximate surface area is 156 Å². The molecule has 0 radical (unpaired) electrons. The molecule has 7 heteroatoms. The van der Waals surface area contributed by atoms with Crippen LogP contribution in [0.3, 0.4) is 0 Å². The van der Waals surface area contributed by atoms with Crippen LogP contribution in [-0.4, -0.2) is 40.9 Å². The minimum absolute atomic E-state index is 0.0480. The first-order valence-corrected chi connectivity index (χ1v) is 8.53. The Bertz CT molecular complexity index is 546. The van der Waals surface area contributed by atoms with E-state index >= 15 is 0 Å². The van der Waals surface area contributed by atoms with Gasteiger partial charge in [-0.25, -0.2) is 14.4 Å². The number of hydrogen-bond donors (Lipinski definition) is 1. The number of hydrogen-bond acceptors (Lipinski definition) is 6. The number of carbonyl (C=O) groups is 3. The van der Waals surface area contributed by atoms with Crippen molar-refractivity contribution in [1.82, 2.24) is 5.32 Å². The molecule has 0 aliphatic rings. The lowest BCUT2D eigenvalue weighted by atomic mass is 10.1. The summed E-state index contributed by atoms with van der Waals surface area (Å²) in [5.74, 6) is -1.33. The van der Waals surface area contributed by atoms with Crippen molar-refractivity contribution in [2.45, 2.75) is 91.6 Å². The lowest BCUT2D eigenvalue weighted by Crippen LogP contribution is -2.46. The zero-order chi connectivity index (χ0) is 20.9. The molecular weight excluding hydrogens is 338 g/mol. The molecule has 0 unspecified atom stereocenters. The fourth-order valence-electron chi connectivity index (χ4n) is 1.70. The topological polar surface area (TPSA) is 90.9 Å². The standard InChI is InChI=1S/C19H33NO6/c1-12(14(21)24-17(2,3)4)11-13(15(22)25-18(5,6)7)20-16(23)26-19(8,9)10/h13H,1,11H2,2-10H3,(H,20,23)/t13-/m0/s1. The summed E-state index contributed by atoms with van der Waals surface area (Å²) in [4.78, 5) is 36.5. The summed E-state index contributed by atoms with van der Waals surface area (Å²) in [5.41, 5.74) is -2.13. The van der Waals surface area contributed by atoms with E-state index in [1.165, 1.54) is 0 Å². The summed E-state index contributed by atoms with van der Waals surface area (Å²) < 4.78 is 15.7. The van der Waals surface area contributed by atoms with Crippen molar-refractivity contribution in [1.29, 1.82) is 0 Å². The lowest BCUT2D eigenvalue weighted by molar-refractivity contribution is -0.157. The maximum atomic E-state index is 12.4. The SMILES string of the molecule is C=C(C[C@H](NC(=O)OC(C)(C)C)C(=O)OC(C)(C)C)C(=O)OC(C)(C)C. The van der Waals surface area contributed by atoms with Crippen LogP contribution in [0, 0.1) is 0 Å². The molecule has 1 atom stereocenters. The van der Waals surface area contributed by atoms with Gasteiger partial charge in [-0.2, -0.15) is 0 Å². The number of ether oxygens (including phenoxy) is 3. The maximum absolute atomic E-state index is 12.4. The monoisotopic (exact) mass is 371 g/mol. The fourth-order valence-corrected chi connectivity index (χ4v) is 1.70. The maximum Gasteiger partial charge on any atom is 0.408 e. The van der Waals surface area contributed by atoms with Crippen molar-refractivity contribution in [3.8, 4) is 0 Å². The highest BCUT2D eigenvalue weighted by Gasteiger charge is 2.31. The molecular formula is C19H33NO6. The molecule has 0 saturated carbocycles. The largest absolute Gasteiger partial charge is 0.458 e. The Balaban J connectivity index is 5.20. The van der Waals surface area contributed by atoms with Crippen molar-refractivity contribution < 1.29 is 28.6 Å². The van der Waals surface area contributed by atoms with Gasteiger partial charge in [0.05, 0.1) is 0 Å². The van der Waals surface area contributed by atoms with Crippen molar-refractivity contribution in [2.24, 2.45) is 0 Å². The molecule has 0 aromatic rings. The Morgan fingerprint density at radius 3 is 1.62 bits per heavy atom. The average Bonchev–Trinajstić information content (AvgIpc) is 2.30. The van der Waals surface area contributed by atoms with Gasteiger partial charge in [0.2, 0.25) is 0 Å². The second-order valence-corrected chi connectivity index (χ2v) is 9.04. The molecule has 0 saturated heterocycles. The van der Waals surface area contributed by atoms with E-state index in [9.17, 15) is 14.4 Å². The molecule has 0 aliphatic carbocycles. The summed E-state index contributed by atoms with van der Waals surface area (Å²) in [7, 11) is 0. The van der Waals surface area contributed by atoms with Gasteiger partial charge in [0.1, 0.15) is 22.8 Å². The van der Waals surface area contributed by atoms with Crippen LogP contribution in [0.2, 0.25) is 0 Å². The lowest BCUT2D eigenvalue weighted by Gasteiger charge is -2.27. The van der Waals surface area contributed by atoms with E-state index in [0.717, 1.165) is 0 Å². The van der Waals surface area contributed by atoms with E-state index in [2.05, 4.69) is 11.9 Å². The second-order valence-electron chi connectivity index (χ2n) is 9.04. The fraction of sp³-hybridized carbons (Fsp3) is 0.737. The molecule has 0 bridgehead atoms. The number of esters is 2. The second kappa shape index (κ2) is 8.56. The van der Waals surface area contributed by atoms with Gasteiger partial charge >= 0.3 is 18.0 Å². The Hall–Kier alpha value is -2.05. The molecule has 1 amide bonds. The van der Waals surface area contributed by atoms with Gasteiger partial charge in [0.25, 0.3) is 0 Å².